The first kappa shape index (κ1) is 18.8. The van der Waals surface area contributed by atoms with Crippen molar-refractivity contribution in [3.05, 3.63) is 77.1 Å². The molecule has 1 aliphatic carbocycles. The quantitative estimate of drug-likeness (QED) is 0.795. The van der Waals surface area contributed by atoms with Crippen molar-refractivity contribution in [2.75, 3.05) is 20.6 Å². The third kappa shape index (κ3) is 4.05. The van der Waals surface area contributed by atoms with Crippen LogP contribution in [-0.4, -0.2) is 30.6 Å². The van der Waals surface area contributed by atoms with Crippen LogP contribution in [0.5, 0.6) is 0 Å². The summed E-state index contributed by atoms with van der Waals surface area (Å²) in [5, 5.41) is 12.0. The molecule has 0 heterocycles. The molecule has 26 heavy (non-hydrogen) atoms. The molecule has 2 unspecified atom stereocenters. The van der Waals surface area contributed by atoms with E-state index in [-0.39, 0.29) is 11.7 Å². The second-order valence-corrected chi connectivity index (χ2v) is 7.56. The monoisotopic (exact) mass is 353 g/mol. The van der Waals surface area contributed by atoms with Crippen LogP contribution in [0, 0.1) is 11.7 Å². The standard InChI is InChI=1S/C23H28FNO/c1-25(2)17-21-11-7-6-10-20(16-18-8-4-3-5-9-18)23(21,26)19-12-14-22(24)15-13-19/h3-5,8-9,12-16,21,26H,6-7,10-11,17H2,1-2H3/b20-16-. The third-order valence-electron chi connectivity index (χ3n) is 5.34. The highest BCUT2D eigenvalue weighted by Crippen LogP contribution is 2.45. The van der Waals surface area contributed by atoms with Gasteiger partial charge in [-0.1, -0.05) is 55.0 Å². The average molecular weight is 353 g/mol. The fraction of sp³-hybridized carbons (Fsp3) is 0.391. The van der Waals surface area contributed by atoms with E-state index in [1.54, 1.807) is 12.1 Å². The van der Waals surface area contributed by atoms with Gasteiger partial charge >= 0.3 is 0 Å². The van der Waals surface area contributed by atoms with Gasteiger partial charge in [-0.25, -0.2) is 4.39 Å². The zero-order valence-electron chi connectivity index (χ0n) is 15.7. The van der Waals surface area contributed by atoms with Crippen molar-refractivity contribution in [2.45, 2.75) is 31.3 Å². The zero-order chi connectivity index (χ0) is 18.6. The minimum atomic E-state index is -1.08. The van der Waals surface area contributed by atoms with E-state index >= 15 is 0 Å². The number of nitrogens with zero attached hydrogens (tertiary/aromatic N) is 1. The van der Waals surface area contributed by atoms with E-state index in [9.17, 15) is 9.50 Å². The van der Waals surface area contributed by atoms with Crippen LogP contribution < -0.4 is 0 Å². The average Bonchev–Trinajstić information content (AvgIpc) is 2.77. The van der Waals surface area contributed by atoms with Gasteiger partial charge in [-0.3, -0.25) is 0 Å². The molecule has 2 nitrogen and oxygen atoms in total. The summed E-state index contributed by atoms with van der Waals surface area (Å²) in [5.41, 5.74) is 1.83. The van der Waals surface area contributed by atoms with Gasteiger partial charge in [0.15, 0.2) is 0 Å². The number of benzene rings is 2. The smallest absolute Gasteiger partial charge is 0.123 e. The van der Waals surface area contributed by atoms with Crippen molar-refractivity contribution in [3.63, 3.8) is 0 Å². The minimum absolute atomic E-state index is 0.0698. The van der Waals surface area contributed by atoms with E-state index < -0.39 is 5.60 Å². The van der Waals surface area contributed by atoms with E-state index in [1.165, 1.54) is 12.1 Å². The summed E-state index contributed by atoms with van der Waals surface area (Å²) in [6.45, 7) is 0.792. The second kappa shape index (κ2) is 8.15. The van der Waals surface area contributed by atoms with E-state index in [1.807, 2.05) is 32.3 Å². The maximum absolute atomic E-state index is 13.5. The number of halogens is 1. The lowest BCUT2D eigenvalue weighted by Gasteiger charge is -2.39. The molecule has 1 fully saturated rings. The van der Waals surface area contributed by atoms with Crippen LogP contribution in [0.4, 0.5) is 4.39 Å². The minimum Gasteiger partial charge on any atom is -0.380 e. The molecular formula is C23H28FNO. The van der Waals surface area contributed by atoms with Crippen molar-refractivity contribution < 1.29 is 9.50 Å². The SMILES string of the molecule is CN(C)CC1CCCC/C(=C/c2ccccc2)C1(O)c1ccc(F)cc1. The van der Waals surface area contributed by atoms with Gasteiger partial charge in [0.05, 0.1) is 0 Å². The second-order valence-electron chi connectivity index (χ2n) is 7.56. The molecule has 2 atom stereocenters. The first-order chi connectivity index (χ1) is 12.5. The molecule has 1 N–H and O–H groups in total. The summed E-state index contributed by atoms with van der Waals surface area (Å²) in [4.78, 5) is 2.13. The first-order valence-corrected chi connectivity index (χ1v) is 9.39. The summed E-state index contributed by atoms with van der Waals surface area (Å²) >= 11 is 0. The number of hydrogen-bond donors (Lipinski definition) is 1. The van der Waals surface area contributed by atoms with Crippen LogP contribution >= 0.6 is 0 Å². The van der Waals surface area contributed by atoms with Crippen LogP contribution in [0.1, 0.15) is 36.8 Å². The molecule has 3 rings (SSSR count). The van der Waals surface area contributed by atoms with Gasteiger partial charge in [0.1, 0.15) is 11.4 Å². The Kier molecular flexibility index (Phi) is 5.90. The Morgan fingerprint density at radius 3 is 2.42 bits per heavy atom. The Balaban J connectivity index is 2.12. The molecule has 0 saturated heterocycles. The largest absolute Gasteiger partial charge is 0.380 e. The Morgan fingerprint density at radius 1 is 1.08 bits per heavy atom. The Hall–Kier alpha value is -1.97. The van der Waals surface area contributed by atoms with Crippen molar-refractivity contribution >= 4 is 6.08 Å². The molecule has 0 radical (unpaired) electrons. The summed E-state index contributed by atoms with van der Waals surface area (Å²) in [6, 6.07) is 16.5. The summed E-state index contributed by atoms with van der Waals surface area (Å²) < 4.78 is 13.5. The molecule has 0 bridgehead atoms. The van der Waals surface area contributed by atoms with Crippen LogP contribution in [0.2, 0.25) is 0 Å². The molecule has 3 heteroatoms. The predicted octanol–water partition coefficient (Wildman–Crippen LogP) is 4.85. The normalized spacial score (nSPS) is 25.4. The summed E-state index contributed by atoms with van der Waals surface area (Å²) in [6.07, 6.45) is 6.09. The number of hydrogen-bond acceptors (Lipinski definition) is 2. The van der Waals surface area contributed by atoms with Crippen molar-refractivity contribution in [3.8, 4) is 0 Å². The topological polar surface area (TPSA) is 23.5 Å². The van der Waals surface area contributed by atoms with Crippen molar-refractivity contribution in [1.29, 1.82) is 0 Å². The first-order valence-electron chi connectivity index (χ1n) is 9.39. The number of aliphatic hydroxyl groups is 1. The highest BCUT2D eigenvalue weighted by molar-refractivity contribution is 5.57. The predicted molar refractivity (Wildman–Crippen MR) is 105 cm³/mol. The van der Waals surface area contributed by atoms with E-state index in [0.717, 1.165) is 48.9 Å². The maximum Gasteiger partial charge on any atom is 0.123 e. The molecule has 0 aliphatic heterocycles. The van der Waals surface area contributed by atoms with Gasteiger partial charge in [0, 0.05) is 12.5 Å². The van der Waals surface area contributed by atoms with Crippen molar-refractivity contribution in [1.82, 2.24) is 4.90 Å². The van der Waals surface area contributed by atoms with Gasteiger partial charge in [0.25, 0.3) is 0 Å². The summed E-state index contributed by atoms with van der Waals surface area (Å²) in [5.74, 6) is -0.204. The van der Waals surface area contributed by atoms with E-state index in [2.05, 4.69) is 23.1 Å². The van der Waals surface area contributed by atoms with Gasteiger partial charge in [-0.05, 0) is 62.2 Å². The van der Waals surface area contributed by atoms with Crippen LogP contribution in [0.3, 0.4) is 0 Å². The molecule has 0 amide bonds. The zero-order valence-corrected chi connectivity index (χ0v) is 15.7. The molecule has 2 aromatic carbocycles. The number of rotatable bonds is 4. The lowest BCUT2D eigenvalue weighted by Crippen LogP contribution is -2.41. The molecule has 138 valence electrons. The molecule has 0 aromatic heterocycles. The Morgan fingerprint density at radius 2 is 1.77 bits per heavy atom. The summed E-state index contributed by atoms with van der Waals surface area (Å²) in [7, 11) is 4.08. The molecule has 2 aromatic rings. The Bertz CT molecular complexity index is 739. The molecule has 0 spiro atoms. The van der Waals surface area contributed by atoms with E-state index in [0.29, 0.717) is 0 Å². The molecule has 1 aliphatic rings. The molecule has 1 saturated carbocycles. The third-order valence-corrected chi connectivity index (χ3v) is 5.34. The van der Waals surface area contributed by atoms with Crippen molar-refractivity contribution in [2.24, 2.45) is 5.92 Å². The van der Waals surface area contributed by atoms with Gasteiger partial charge in [0.2, 0.25) is 0 Å². The fourth-order valence-electron chi connectivity index (χ4n) is 4.09. The molecular weight excluding hydrogens is 325 g/mol. The van der Waals surface area contributed by atoms with Gasteiger partial charge in [-0.15, -0.1) is 0 Å². The van der Waals surface area contributed by atoms with Gasteiger partial charge < -0.3 is 10.0 Å². The van der Waals surface area contributed by atoms with Gasteiger partial charge in [-0.2, -0.15) is 0 Å². The maximum atomic E-state index is 13.5. The lowest BCUT2D eigenvalue weighted by atomic mass is 9.74. The van der Waals surface area contributed by atoms with Crippen LogP contribution in [0.15, 0.2) is 60.2 Å². The lowest BCUT2D eigenvalue weighted by molar-refractivity contribution is 0.000439. The van der Waals surface area contributed by atoms with E-state index in [4.69, 9.17) is 0 Å². The highest BCUT2D eigenvalue weighted by Gasteiger charge is 2.42. The Labute approximate surface area is 156 Å². The fourth-order valence-corrected chi connectivity index (χ4v) is 4.09. The van der Waals surface area contributed by atoms with Crippen LogP contribution in [-0.2, 0) is 5.60 Å². The highest BCUT2D eigenvalue weighted by atomic mass is 19.1. The van der Waals surface area contributed by atoms with Crippen LogP contribution in [0.25, 0.3) is 6.08 Å².